The van der Waals surface area contributed by atoms with Crippen LogP contribution in [0.2, 0.25) is 0 Å². The molecule has 1 unspecified atom stereocenters. The first-order valence-corrected chi connectivity index (χ1v) is 4.02. The molecule has 0 amide bonds. The summed E-state index contributed by atoms with van der Waals surface area (Å²) in [6, 6.07) is 0. The van der Waals surface area contributed by atoms with Gasteiger partial charge in [0.15, 0.2) is 0 Å². The molecule has 0 aromatic heterocycles. The van der Waals surface area contributed by atoms with Crippen molar-refractivity contribution in [1.29, 1.82) is 0 Å². The maximum absolute atomic E-state index is 5.44. The number of nitrogens with zero attached hydrogens (tertiary/aromatic N) is 1. The molecule has 0 aromatic rings. The Labute approximate surface area is 68.9 Å². The Hall–Kier alpha value is -0.160. The summed E-state index contributed by atoms with van der Waals surface area (Å²) in [5.74, 6) is 0. The van der Waals surface area contributed by atoms with E-state index in [-0.39, 0.29) is 0 Å². The molecule has 0 bridgehead atoms. The Kier molecular flexibility index (Phi) is 6.45. The van der Waals surface area contributed by atoms with Crippen molar-refractivity contribution in [3.63, 3.8) is 0 Å². The monoisotopic (exact) mass is 160 g/mol. The SMILES string of the molecule is CN(C)C(CCN)NCCN. The summed E-state index contributed by atoms with van der Waals surface area (Å²) in [4.78, 5) is 2.11. The van der Waals surface area contributed by atoms with Crippen LogP contribution in [0.15, 0.2) is 0 Å². The molecule has 4 heteroatoms. The molecule has 0 rings (SSSR count). The van der Waals surface area contributed by atoms with E-state index in [0.717, 1.165) is 13.0 Å². The third-order valence-corrected chi connectivity index (χ3v) is 1.59. The molecule has 68 valence electrons. The average Bonchev–Trinajstić information content (AvgIpc) is 1.97. The molecule has 11 heavy (non-hydrogen) atoms. The summed E-state index contributed by atoms with van der Waals surface area (Å²) in [7, 11) is 4.06. The molecule has 5 N–H and O–H groups in total. The molecular weight excluding hydrogens is 140 g/mol. The highest BCUT2D eigenvalue weighted by atomic mass is 15.2. The van der Waals surface area contributed by atoms with Gasteiger partial charge in [0.25, 0.3) is 0 Å². The highest BCUT2D eigenvalue weighted by Crippen LogP contribution is 1.92. The van der Waals surface area contributed by atoms with Crippen molar-refractivity contribution < 1.29 is 0 Å². The van der Waals surface area contributed by atoms with Gasteiger partial charge in [-0.25, -0.2) is 0 Å². The van der Waals surface area contributed by atoms with E-state index in [0.29, 0.717) is 19.3 Å². The zero-order valence-electron chi connectivity index (χ0n) is 7.51. The summed E-state index contributed by atoms with van der Waals surface area (Å²) in [6.07, 6.45) is 1.33. The van der Waals surface area contributed by atoms with Crippen molar-refractivity contribution in [2.75, 3.05) is 33.7 Å². The largest absolute Gasteiger partial charge is 0.330 e. The third kappa shape index (κ3) is 5.15. The first-order valence-electron chi connectivity index (χ1n) is 4.02. The van der Waals surface area contributed by atoms with Crippen LogP contribution < -0.4 is 16.8 Å². The van der Waals surface area contributed by atoms with Gasteiger partial charge in [0.05, 0.1) is 6.17 Å². The molecular formula is C7H20N4. The molecule has 0 saturated carbocycles. The number of hydrogen-bond acceptors (Lipinski definition) is 4. The molecule has 0 saturated heterocycles. The van der Waals surface area contributed by atoms with E-state index in [9.17, 15) is 0 Å². The summed E-state index contributed by atoms with van der Waals surface area (Å²) < 4.78 is 0. The molecule has 0 spiro atoms. The van der Waals surface area contributed by atoms with Gasteiger partial charge in [-0.2, -0.15) is 0 Å². The van der Waals surface area contributed by atoms with Crippen LogP contribution in [0, 0.1) is 0 Å². The van der Waals surface area contributed by atoms with Crippen LogP contribution in [-0.4, -0.2) is 44.8 Å². The summed E-state index contributed by atoms with van der Waals surface area (Å²) in [5.41, 5.74) is 10.8. The first-order chi connectivity index (χ1) is 5.22. The van der Waals surface area contributed by atoms with Gasteiger partial charge in [0, 0.05) is 13.1 Å². The molecule has 0 radical (unpaired) electrons. The lowest BCUT2D eigenvalue weighted by molar-refractivity contribution is 0.237. The third-order valence-electron chi connectivity index (χ3n) is 1.59. The van der Waals surface area contributed by atoms with Crippen molar-refractivity contribution >= 4 is 0 Å². The van der Waals surface area contributed by atoms with Crippen LogP contribution in [-0.2, 0) is 0 Å². The van der Waals surface area contributed by atoms with Gasteiger partial charge >= 0.3 is 0 Å². The highest BCUT2D eigenvalue weighted by Gasteiger charge is 2.07. The molecule has 0 aliphatic rings. The predicted octanol–water partition coefficient (Wildman–Crippen LogP) is -1.23. The molecule has 0 fully saturated rings. The average molecular weight is 160 g/mol. The normalized spacial score (nSPS) is 13.9. The highest BCUT2D eigenvalue weighted by molar-refractivity contribution is 4.63. The van der Waals surface area contributed by atoms with Crippen LogP contribution in [0.1, 0.15) is 6.42 Å². The van der Waals surface area contributed by atoms with E-state index in [4.69, 9.17) is 11.5 Å². The predicted molar refractivity (Wildman–Crippen MR) is 48.2 cm³/mol. The Morgan fingerprint density at radius 3 is 2.27 bits per heavy atom. The van der Waals surface area contributed by atoms with Gasteiger partial charge in [0.2, 0.25) is 0 Å². The van der Waals surface area contributed by atoms with E-state index in [1.807, 2.05) is 14.1 Å². The minimum atomic E-state index is 0.364. The van der Waals surface area contributed by atoms with Crippen molar-refractivity contribution in [3.8, 4) is 0 Å². The zero-order chi connectivity index (χ0) is 8.69. The number of nitrogens with one attached hydrogen (secondary N) is 1. The molecule has 0 heterocycles. The standard InChI is InChI=1S/C7H20N4/c1-11(2)7(3-4-8)10-6-5-9/h7,10H,3-6,8-9H2,1-2H3. The maximum Gasteiger partial charge on any atom is 0.0604 e. The minimum Gasteiger partial charge on any atom is -0.330 e. The van der Waals surface area contributed by atoms with E-state index < -0.39 is 0 Å². The second kappa shape index (κ2) is 6.54. The number of rotatable bonds is 6. The van der Waals surface area contributed by atoms with Gasteiger partial charge in [-0.1, -0.05) is 0 Å². The van der Waals surface area contributed by atoms with Crippen molar-refractivity contribution in [2.45, 2.75) is 12.6 Å². The second-order valence-electron chi connectivity index (χ2n) is 2.80. The molecule has 1 atom stereocenters. The summed E-state index contributed by atoms with van der Waals surface area (Å²) in [6.45, 7) is 2.23. The Balaban J connectivity index is 3.51. The van der Waals surface area contributed by atoms with Crippen molar-refractivity contribution in [3.05, 3.63) is 0 Å². The zero-order valence-corrected chi connectivity index (χ0v) is 7.51. The Morgan fingerprint density at radius 1 is 1.27 bits per heavy atom. The fourth-order valence-corrected chi connectivity index (χ4v) is 0.951. The lowest BCUT2D eigenvalue weighted by atomic mass is 10.3. The first kappa shape index (κ1) is 10.8. The fourth-order valence-electron chi connectivity index (χ4n) is 0.951. The Bertz CT molecular complexity index is 84.5. The maximum atomic E-state index is 5.44. The molecule has 4 nitrogen and oxygen atoms in total. The van der Waals surface area contributed by atoms with E-state index in [1.54, 1.807) is 0 Å². The van der Waals surface area contributed by atoms with Gasteiger partial charge in [-0.3, -0.25) is 4.90 Å². The van der Waals surface area contributed by atoms with Crippen LogP contribution in [0.25, 0.3) is 0 Å². The van der Waals surface area contributed by atoms with E-state index in [2.05, 4.69) is 10.2 Å². The number of hydrogen-bond donors (Lipinski definition) is 3. The van der Waals surface area contributed by atoms with Gasteiger partial charge in [-0.05, 0) is 27.1 Å². The second-order valence-corrected chi connectivity index (χ2v) is 2.80. The van der Waals surface area contributed by atoms with E-state index >= 15 is 0 Å². The minimum absolute atomic E-state index is 0.364. The van der Waals surface area contributed by atoms with E-state index in [1.165, 1.54) is 0 Å². The Morgan fingerprint density at radius 2 is 1.91 bits per heavy atom. The van der Waals surface area contributed by atoms with Crippen LogP contribution in [0.4, 0.5) is 0 Å². The van der Waals surface area contributed by atoms with Gasteiger partial charge < -0.3 is 16.8 Å². The lowest BCUT2D eigenvalue weighted by Gasteiger charge is -2.24. The van der Waals surface area contributed by atoms with Crippen molar-refractivity contribution in [1.82, 2.24) is 10.2 Å². The van der Waals surface area contributed by atoms with Crippen LogP contribution in [0.3, 0.4) is 0 Å². The number of nitrogens with two attached hydrogens (primary N) is 2. The molecule has 0 aliphatic heterocycles. The topological polar surface area (TPSA) is 67.3 Å². The molecule has 0 aliphatic carbocycles. The summed E-state index contributed by atoms with van der Waals surface area (Å²) in [5, 5.41) is 3.29. The van der Waals surface area contributed by atoms with Crippen LogP contribution in [0.5, 0.6) is 0 Å². The molecule has 0 aromatic carbocycles. The summed E-state index contributed by atoms with van der Waals surface area (Å²) >= 11 is 0. The van der Waals surface area contributed by atoms with Crippen molar-refractivity contribution in [2.24, 2.45) is 11.5 Å². The van der Waals surface area contributed by atoms with Gasteiger partial charge in [0.1, 0.15) is 0 Å². The lowest BCUT2D eigenvalue weighted by Crippen LogP contribution is -2.44. The van der Waals surface area contributed by atoms with Crippen LogP contribution >= 0.6 is 0 Å². The quantitative estimate of drug-likeness (QED) is 0.426. The smallest absolute Gasteiger partial charge is 0.0604 e. The van der Waals surface area contributed by atoms with Gasteiger partial charge in [-0.15, -0.1) is 0 Å². The fraction of sp³-hybridized carbons (Fsp3) is 1.00.